The van der Waals surface area contributed by atoms with Crippen molar-refractivity contribution in [2.45, 2.75) is 43.0 Å². The first-order chi connectivity index (χ1) is 15.2. The van der Waals surface area contributed by atoms with E-state index in [-0.39, 0.29) is 23.3 Å². The Balaban J connectivity index is 1.88. The number of esters is 1. The van der Waals surface area contributed by atoms with Crippen molar-refractivity contribution in [1.29, 1.82) is 0 Å². The number of aryl methyl sites for hydroxylation is 1. The van der Waals surface area contributed by atoms with Gasteiger partial charge >= 0.3 is 11.9 Å². The lowest BCUT2D eigenvalue weighted by Gasteiger charge is -2.28. The van der Waals surface area contributed by atoms with E-state index in [1.807, 2.05) is 6.07 Å². The molecule has 1 atom stereocenters. The highest BCUT2D eigenvalue weighted by atomic mass is 35.5. The maximum absolute atomic E-state index is 12.8. The Morgan fingerprint density at radius 2 is 1.91 bits per heavy atom. The molecule has 0 radical (unpaired) electrons. The van der Waals surface area contributed by atoms with Crippen molar-refractivity contribution in [1.82, 2.24) is 4.72 Å². The minimum Gasteiger partial charge on any atom is -0.478 e. The molecule has 0 spiro atoms. The van der Waals surface area contributed by atoms with Gasteiger partial charge in [0.1, 0.15) is 0 Å². The van der Waals surface area contributed by atoms with Gasteiger partial charge in [-0.15, -0.1) is 0 Å². The summed E-state index contributed by atoms with van der Waals surface area (Å²) in [6.07, 6.45) is 4.91. The van der Waals surface area contributed by atoms with E-state index < -0.39 is 16.0 Å². The molecule has 9 heteroatoms. The van der Waals surface area contributed by atoms with Crippen LogP contribution in [0.1, 0.15) is 35.1 Å². The predicted molar refractivity (Wildman–Crippen MR) is 121 cm³/mol. The Kier molecular flexibility index (Phi) is 7.71. The number of carbonyl (C=O) groups excluding carboxylic acids is 1. The number of carboxylic acid groups (broad SMARTS) is 1. The molecule has 2 aromatic carbocycles. The van der Waals surface area contributed by atoms with E-state index in [4.69, 9.17) is 21.4 Å². The Morgan fingerprint density at radius 3 is 2.56 bits per heavy atom. The van der Waals surface area contributed by atoms with Crippen LogP contribution in [0.3, 0.4) is 0 Å². The second kappa shape index (κ2) is 10.3. The molecule has 0 amide bonds. The topological polar surface area (TPSA) is 110 Å². The van der Waals surface area contributed by atoms with Crippen LogP contribution in [0.4, 0.5) is 0 Å². The number of nitrogens with one attached hydrogen (secondary N) is 1. The fraction of sp³-hybridized carbons (Fsp3) is 0.304. The molecule has 0 aromatic heterocycles. The first-order valence-corrected chi connectivity index (χ1v) is 11.9. The standard InChI is InChI=1S/C23H24ClNO6S/c1-31-23(28)13-5-15-2-3-16(4-12-22(26)27)21-14-18(8-11-20(15)21)25-32(29,30)19-9-6-17(24)7-10-19/h2-4,6-7,9-10,12,18,25H,5,8,11,13-14H2,1H3,(H,26,27)/b12-4+. The molecule has 1 aliphatic rings. The highest BCUT2D eigenvalue weighted by molar-refractivity contribution is 7.89. The third-order valence-electron chi connectivity index (χ3n) is 5.44. The predicted octanol–water partition coefficient (Wildman–Crippen LogP) is 3.38. The smallest absolute Gasteiger partial charge is 0.328 e. The SMILES string of the molecule is COC(=O)CCc1ccc(/C=C/C(=O)O)c2c1CCC(NS(=O)(=O)c1ccc(Cl)cc1)C2. The molecular weight excluding hydrogens is 454 g/mol. The van der Waals surface area contributed by atoms with Crippen LogP contribution >= 0.6 is 11.6 Å². The number of fused-ring (bicyclic) bond motifs is 1. The summed E-state index contributed by atoms with van der Waals surface area (Å²) in [6, 6.07) is 9.29. The van der Waals surface area contributed by atoms with Crippen molar-refractivity contribution in [3.63, 3.8) is 0 Å². The zero-order valence-electron chi connectivity index (χ0n) is 17.5. The Hall–Kier alpha value is -2.68. The van der Waals surface area contributed by atoms with Crippen LogP contribution in [0.25, 0.3) is 6.08 Å². The molecule has 170 valence electrons. The summed E-state index contributed by atoms with van der Waals surface area (Å²) >= 11 is 5.86. The lowest BCUT2D eigenvalue weighted by molar-refractivity contribution is -0.140. The number of carboxylic acids is 1. The molecule has 2 N–H and O–H groups in total. The first-order valence-electron chi connectivity index (χ1n) is 10.1. The quantitative estimate of drug-likeness (QED) is 0.445. The summed E-state index contributed by atoms with van der Waals surface area (Å²) in [4.78, 5) is 22.7. The Labute approximate surface area is 192 Å². The molecule has 32 heavy (non-hydrogen) atoms. The van der Waals surface area contributed by atoms with Crippen LogP contribution in [-0.4, -0.2) is 38.6 Å². The van der Waals surface area contributed by atoms with Gasteiger partial charge in [0, 0.05) is 23.6 Å². The van der Waals surface area contributed by atoms with Gasteiger partial charge in [0.05, 0.1) is 12.0 Å². The summed E-state index contributed by atoms with van der Waals surface area (Å²) in [5.41, 5.74) is 3.62. The molecule has 3 rings (SSSR count). The largest absolute Gasteiger partial charge is 0.478 e. The van der Waals surface area contributed by atoms with Crippen LogP contribution < -0.4 is 4.72 Å². The van der Waals surface area contributed by atoms with Crippen molar-refractivity contribution in [2.75, 3.05) is 7.11 Å². The summed E-state index contributed by atoms with van der Waals surface area (Å²) in [6.45, 7) is 0. The third-order valence-corrected chi connectivity index (χ3v) is 7.22. The fourth-order valence-corrected chi connectivity index (χ4v) is 5.27. The van der Waals surface area contributed by atoms with Crippen molar-refractivity contribution in [3.05, 3.63) is 69.8 Å². The lowest BCUT2D eigenvalue weighted by atomic mass is 9.82. The van der Waals surface area contributed by atoms with Crippen LogP contribution in [0.2, 0.25) is 5.02 Å². The van der Waals surface area contributed by atoms with Gasteiger partial charge in [-0.05, 0) is 78.3 Å². The van der Waals surface area contributed by atoms with E-state index in [1.54, 1.807) is 6.07 Å². The average Bonchev–Trinajstić information content (AvgIpc) is 2.76. The van der Waals surface area contributed by atoms with E-state index in [1.165, 1.54) is 37.5 Å². The van der Waals surface area contributed by atoms with Crippen LogP contribution in [-0.2, 0) is 43.6 Å². The van der Waals surface area contributed by atoms with Crippen LogP contribution in [0.15, 0.2) is 47.4 Å². The second-order valence-corrected chi connectivity index (χ2v) is 9.68. The molecule has 0 fully saturated rings. The second-order valence-electron chi connectivity index (χ2n) is 7.53. The minimum absolute atomic E-state index is 0.130. The molecule has 7 nitrogen and oxygen atoms in total. The van der Waals surface area contributed by atoms with Crippen LogP contribution in [0, 0.1) is 0 Å². The van der Waals surface area contributed by atoms with Crippen molar-refractivity contribution in [3.8, 4) is 0 Å². The van der Waals surface area contributed by atoms with Gasteiger partial charge in [-0.1, -0.05) is 23.7 Å². The van der Waals surface area contributed by atoms with Crippen LogP contribution in [0.5, 0.6) is 0 Å². The van der Waals surface area contributed by atoms with Gasteiger partial charge in [0.15, 0.2) is 0 Å². The molecule has 0 heterocycles. The van der Waals surface area contributed by atoms with Gasteiger partial charge in [0.25, 0.3) is 0 Å². The highest BCUT2D eigenvalue weighted by Gasteiger charge is 2.27. The van der Waals surface area contributed by atoms with Gasteiger partial charge in [-0.3, -0.25) is 4.79 Å². The molecule has 0 aliphatic heterocycles. The first kappa shape index (κ1) is 24.0. The monoisotopic (exact) mass is 477 g/mol. The molecule has 1 aliphatic carbocycles. The molecule has 2 aromatic rings. The van der Waals surface area contributed by atoms with Gasteiger partial charge in [-0.2, -0.15) is 0 Å². The number of sulfonamides is 1. The normalized spacial score (nSPS) is 16.0. The number of carbonyl (C=O) groups is 2. The highest BCUT2D eigenvalue weighted by Crippen LogP contribution is 2.30. The lowest BCUT2D eigenvalue weighted by Crippen LogP contribution is -2.39. The zero-order valence-corrected chi connectivity index (χ0v) is 19.1. The maximum atomic E-state index is 12.8. The summed E-state index contributed by atoms with van der Waals surface area (Å²) in [5.74, 6) is -1.37. The van der Waals surface area contributed by atoms with Gasteiger partial charge in [-0.25, -0.2) is 17.9 Å². The number of aliphatic carboxylic acids is 1. The number of rotatable bonds is 8. The van der Waals surface area contributed by atoms with Gasteiger partial charge in [0.2, 0.25) is 10.0 Å². The molecule has 0 saturated carbocycles. The molecule has 1 unspecified atom stereocenters. The Bertz CT molecular complexity index is 1140. The number of halogens is 1. The van der Waals surface area contributed by atoms with E-state index in [0.717, 1.165) is 28.3 Å². The van der Waals surface area contributed by atoms with Crippen molar-refractivity contribution < 1.29 is 27.9 Å². The van der Waals surface area contributed by atoms with E-state index in [0.29, 0.717) is 30.7 Å². The van der Waals surface area contributed by atoms with Gasteiger partial charge < -0.3 is 9.84 Å². The average molecular weight is 478 g/mol. The number of hydrogen-bond donors (Lipinski definition) is 2. The maximum Gasteiger partial charge on any atom is 0.328 e. The number of methoxy groups -OCH3 is 1. The van der Waals surface area contributed by atoms with E-state index in [9.17, 15) is 18.0 Å². The summed E-state index contributed by atoms with van der Waals surface area (Å²) in [5, 5.41) is 9.47. The molecular formula is C23H24ClNO6S. The number of ether oxygens (including phenoxy) is 1. The van der Waals surface area contributed by atoms with Crippen molar-refractivity contribution >= 4 is 39.6 Å². The molecule has 0 bridgehead atoms. The Morgan fingerprint density at radius 1 is 1.19 bits per heavy atom. The number of benzene rings is 2. The molecule has 0 saturated heterocycles. The fourth-order valence-electron chi connectivity index (χ4n) is 3.87. The van der Waals surface area contributed by atoms with Crippen molar-refractivity contribution in [2.24, 2.45) is 0 Å². The third kappa shape index (κ3) is 5.97. The minimum atomic E-state index is -3.73. The zero-order chi connectivity index (χ0) is 23.3. The number of hydrogen-bond acceptors (Lipinski definition) is 5. The summed E-state index contributed by atoms with van der Waals surface area (Å²) in [7, 11) is -2.39. The van der Waals surface area contributed by atoms with E-state index in [2.05, 4.69) is 4.72 Å². The summed E-state index contributed by atoms with van der Waals surface area (Å²) < 4.78 is 33.1. The van der Waals surface area contributed by atoms with E-state index >= 15 is 0 Å².